The minimum absolute atomic E-state index is 0.0902. The van der Waals surface area contributed by atoms with Crippen molar-refractivity contribution in [2.45, 2.75) is 25.6 Å². The molecular weight excluding hydrogens is 289 g/mol. The fourth-order valence-corrected chi connectivity index (χ4v) is 2.33. The standard InChI is InChI=1S/C11H15BrFN3O/c1-11(2)7-16(6-9(3-12)17-11)10-14-4-8(13)5-15-10/h4-5,9H,3,6-7H2,1-2H3. The minimum atomic E-state index is -0.418. The zero-order valence-electron chi connectivity index (χ0n) is 9.86. The molecule has 1 fully saturated rings. The monoisotopic (exact) mass is 303 g/mol. The van der Waals surface area contributed by atoms with Crippen LogP contribution >= 0.6 is 15.9 Å². The molecule has 6 heteroatoms. The van der Waals surface area contributed by atoms with Crippen LogP contribution in [0, 0.1) is 5.82 Å². The Labute approximate surface area is 108 Å². The first-order chi connectivity index (χ1) is 8.00. The number of nitrogens with zero attached hydrogens (tertiary/aromatic N) is 3. The van der Waals surface area contributed by atoms with Crippen molar-refractivity contribution in [1.82, 2.24) is 9.97 Å². The highest BCUT2D eigenvalue weighted by Crippen LogP contribution is 2.24. The van der Waals surface area contributed by atoms with Gasteiger partial charge in [-0.2, -0.15) is 0 Å². The Morgan fingerprint density at radius 2 is 2.18 bits per heavy atom. The van der Waals surface area contributed by atoms with Gasteiger partial charge in [-0.25, -0.2) is 14.4 Å². The second-order valence-electron chi connectivity index (χ2n) is 4.74. The van der Waals surface area contributed by atoms with Crippen molar-refractivity contribution >= 4 is 21.9 Å². The van der Waals surface area contributed by atoms with Gasteiger partial charge in [-0.3, -0.25) is 0 Å². The van der Waals surface area contributed by atoms with E-state index < -0.39 is 5.82 Å². The second-order valence-corrected chi connectivity index (χ2v) is 5.38. The smallest absolute Gasteiger partial charge is 0.225 e. The molecule has 94 valence electrons. The highest BCUT2D eigenvalue weighted by Gasteiger charge is 2.33. The van der Waals surface area contributed by atoms with Gasteiger partial charge in [0.05, 0.1) is 24.1 Å². The number of ether oxygens (including phenoxy) is 1. The van der Waals surface area contributed by atoms with Crippen molar-refractivity contribution in [3.05, 3.63) is 18.2 Å². The van der Waals surface area contributed by atoms with Gasteiger partial charge in [0.1, 0.15) is 0 Å². The summed E-state index contributed by atoms with van der Waals surface area (Å²) in [7, 11) is 0. The van der Waals surface area contributed by atoms with Crippen LogP contribution in [0.1, 0.15) is 13.8 Å². The molecule has 0 radical (unpaired) electrons. The Bertz CT molecular complexity index is 385. The molecule has 0 N–H and O–H groups in total. The highest BCUT2D eigenvalue weighted by molar-refractivity contribution is 9.09. The van der Waals surface area contributed by atoms with Crippen LogP contribution in [-0.4, -0.2) is 40.1 Å². The van der Waals surface area contributed by atoms with Crippen LogP contribution in [0.3, 0.4) is 0 Å². The van der Waals surface area contributed by atoms with Gasteiger partial charge >= 0.3 is 0 Å². The Hall–Kier alpha value is -0.750. The molecule has 1 aromatic heterocycles. The average molecular weight is 304 g/mol. The fourth-order valence-electron chi connectivity index (χ4n) is 2.00. The summed E-state index contributed by atoms with van der Waals surface area (Å²) in [4.78, 5) is 10.0. The third kappa shape index (κ3) is 3.13. The fraction of sp³-hybridized carbons (Fsp3) is 0.636. The maximum Gasteiger partial charge on any atom is 0.225 e. The van der Waals surface area contributed by atoms with Crippen molar-refractivity contribution < 1.29 is 9.13 Å². The number of aromatic nitrogens is 2. The molecule has 4 nitrogen and oxygen atoms in total. The lowest BCUT2D eigenvalue weighted by molar-refractivity contribution is -0.0728. The zero-order valence-corrected chi connectivity index (χ0v) is 11.4. The molecule has 0 saturated carbocycles. The molecule has 1 atom stereocenters. The van der Waals surface area contributed by atoms with Gasteiger partial charge in [0, 0.05) is 18.4 Å². The number of morpholine rings is 1. The summed E-state index contributed by atoms with van der Waals surface area (Å²) in [6, 6.07) is 0. The number of alkyl halides is 1. The Morgan fingerprint density at radius 3 is 2.76 bits per heavy atom. The predicted molar refractivity (Wildman–Crippen MR) is 66.9 cm³/mol. The minimum Gasteiger partial charge on any atom is -0.368 e. The SMILES string of the molecule is CC1(C)CN(c2ncc(F)cn2)CC(CBr)O1. The zero-order chi connectivity index (χ0) is 12.5. The molecule has 17 heavy (non-hydrogen) atoms. The van der Waals surface area contributed by atoms with Crippen LogP contribution in [0.2, 0.25) is 0 Å². The van der Waals surface area contributed by atoms with Crippen LogP contribution in [0.15, 0.2) is 12.4 Å². The van der Waals surface area contributed by atoms with Crippen LogP contribution in [0.5, 0.6) is 0 Å². The van der Waals surface area contributed by atoms with Gasteiger partial charge in [-0.1, -0.05) is 15.9 Å². The highest BCUT2D eigenvalue weighted by atomic mass is 79.9. The molecule has 2 rings (SSSR count). The largest absolute Gasteiger partial charge is 0.368 e. The third-order valence-electron chi connectivity index (χ3n) is 2.54. The van der Waals surface area contributed by atoms with Crippen LogP contribution in [-0.2, 0) is 4.74 Å². The van der Waals surface area contributed by atoms with E-state index in [1.165, 1.54) is 12.4 Å². The first-order valence-corrected chi connectivity index (χ1v) is 6.58. The van der Waals surface area contributed by atoms with E-state index >= 15 is 0 Å². The molecular formula is C11H15BrFN3O. The second kappa shape index (κ2) is 4.86. The summed E-state index contributed by atoms with van der Waals surface area (Å²) in [5.74, 6) is 0.132. The van der Waals surface area contributed by atoms with Crippen molar-refractivity contribution in [2.75, 3.05) is 23.3 Å². The number of hydrogen-bond donors (Lipinski definition) is 0. The molecule has 0 aliphatic carbocycles. The lowest BCUT2D eigenvalue weighted by Crippen LogP contribution is -2.53. The van der Waals surface area contributed by atoms with Crippen molar-refractivity contribution in [1.29, 1.82) is 0 Å². The summed E-state index contributed by atoms with van der Waals surface area (Å²) in [6.07, 6.45) is 2.47. The Kier molecular flexibility index (Phi) is 3.63. The number of anilines is 1. The van der Waals surface area contributed by atoms with Gasteiger partial charge in [-0.05, 0) is 13.8 Å². The molecule has 0 spiro atoms. The normalized spacial score (nSPS) is 23.8. The lowest BCUT2D eigenvalue weighted by Gasteiger charge is -2.42. The summed E-state index contributed by atoms with van der Waals surface area (Å²) in [5.41, 5.74) is -0.256. The number of halogens is 2. The predicted octanol–water partition coefficient (Wildman–Crippen LogP) is 1.99. The van der Waals surface area contributed by atoms with E-state index in [-0.39, 0.29) is 11.7 Å². The van der Waals surface area contributed by atoms with E-state index in [0.29, 0.717) is 19.0 Å². The van der Waals surface area contributed by atoms with Gasteiger partial charge < -0.3 is 9.64 Å². The molecule has 1 saturated heterocycles. The van der Waals surface area contributed by atoms with E-state index in [4.69, 9.17) is 4.74 Å². The summed E-state index contributed by atoms with van der Waals surface area (Å²) in [5, 5.41) is 0.758. The molecule has 0 aromatic carbocycles. The molecule has 2 heterocycles. The Morgan fingerprint density at radius 1 is 1.53 bits per heavy atom. The molecule has 0 bridgehead atoms. The maximum atomic E-state index is 12.8. The maximum absolute atomic E-state index is 12.8. The van der Waals surface area contributed by atoms with E-state index in [1.807, 2.05) is 18.7 Å². The van der Waals surface area contributed by atoms with Gasteiger partial charge in [-0.15, -0.1) is 0 Å². The third-order valence-corrected chi connectivity index (χ3v) is 3.27. The first kappa shape index (κ1) is 12.7. The van der Waals surface area contributed by atoms with Crippen LogP contribution in [0.4, 0.5) is 10.3 Å². The van der Waals surface area contributed by atoms with E-state index in [1.54, 1.807) is 0 Å². The summed E-state index contributed by atoms with van der Waals surface area (Å²) < 4.78 is 18.7. The summed E-state index contributed by atoms with van der Waals surface area (Å²) in [6.45, 7) is 5.46. The number of rotatable bonds is 2. The molecule has 1 aliphatic rings. The summed E-state index contributed by atoms with van der Waals surface area (Å²) >= 11 is 3.42. The van der Waals surface area contributed by atoms with E-state index in [2.05, 4.69) is 25.9 Å². The quantitative estimate of drug-likeness (QED) is 0.783. The van der Waals surface area contributed by atoms with Gasteiger partial charge in [0.25, 0.3) is 0 Å². The van der Waals surface area contributed by atoms with Gasteiger partial charge in [0.15, 0.2) is 5.82 Å². The van der Waals surface area contributed by atoms with Crippen molar-refractivity contribution in [2.24, 2.45) is 0 Å². The molecule has 1 unspecified atom stereocenters. The van der Waals surface area contributed by atoms with Crippen molar-refractivity contribution in [3.63, 3.8) is 0 Å². The average Bonchev–Trinajstić information content (AvgIpc) is 2.27. The van der Waals surface area contributed by atoms with E-state index in [0.717, 1.165) is 5.33 Å². The van der Waals surface area contributed by atoms with Gasteiger partial charge in [0.2, 0.25) is 5.95 Å². The topological polar surface area (TPSA) is 38.2 Å². The van der Waals surface area contributed by atoms with Crippen LogP contribution in [0.25, 0.3) is 0 Å². The van der Waals surface area contributed by atoms with Crippen molar-refractivity contribution in [3.8, 4) is 0 Å². The Balaban J connectivity index is 2.17. The van der Waals surface area contributed by atoms with E-state index in [9.17, 15) is 4.39 Å². The number of hydrogen-bond acceptors (Lipinski definition) is 4. The lowest BCUT2D eigenvalue weighted by atomic mass is 10.1. The molecule has 1 aliphatic heterocycles. The first-order valence-electron chi connectivity index (χ1n) is 5.46. The van der Waals surface area contributed by atoms with Crippen LogP contribution < -0.4 is 4.90 Å². The molecule has 0 amide bonds. The molecule has 1 aromatic rings.